The molecule has 2 rings (SSSR count). The highest BCUT2D eigenvalue weighted by Gasteiger charge is 2.04. The van der Waals surface area contributed by atoms with Crippen molar-refractivity contribution in [2.24, 2.45) is 0 Å². The first-order valence-corrected chi connectivity index (χ1v) is 4.94. The summed E-state index contributed by atoms with van der Waals surface area (Å²) in [6.45, 7) is 3.97. The van der Waals surface area contributed by atoms with Gasteiger partial charge in [0, 0.05) is 18.0 Å². The molecule has 0 spiro atoms. The van der Waals surface area contributed by atoms with Crippen molar-refractivity contribution in [2.45, 2.75) is 20.3 Å². The van der Waals surface area contributed by atoms with Crippen molar-refractivity contribution in [1.82, 2.24) is 14.8 Å². The van der Waals surface area contributed by atoms with Crippen molar-refractivity contribution in [1.29, 1.82) is 0 Å². The fourth-order valence-electron chi connectivity index (χ4n) is 1.44. The van der Waals surface area contributed by atoms with Crippen LogP contribution in [0.15, 0.2) is 29.2 Å². The van der Waals surface area contributed by atoms with E-state index in [0.29, 0.717) is 5.82 Å². The normalized spacial score (nSPS) is 10.5. The molecule has 4 nitrogen and oxygen atoms in total. The molecule has 0 aliphatic heterocycles. The van der Waals surface area contributed by atoms with Crippen LogP contribution in [-0.2, 0) is 6.42 Å². The molecule has 0 aromatic carbocycles. The largest absolute Gasteiger partial charge is 0.294 e. The minimum Gasteiger partial charge on any atom is -0.294 e. The first kappa shape index (κ1) is 9.71. The Morgan fingerprint density at radius 1 is 1.47 bits per heavy atom. The summed E-state index contributed by atoms with van der Waals surface area (Å²) in [5.41, 5.74) is 1.94. The van der Waals surface area contributed by atoms with Crippen LogP contribution < -0.4 is 5.56 Å². The quantitative estimate of drug-likeness (QED) is 0.802. The monoisotopic (exact) mass is 203 g/mol. The second kappa shape index (κ2) is 3.73. The third-order valence-corrected chi connectivity index (χ3v) is 2.28. The average molecular weight is 203 g/mol. The number of H-pyrrole nitrogens is 1. The van der Waals surface area contributed by atoms with E-state index in [4.69, 9.17) is 0 Å². The molecule has 0 fully saturated rings. The summed E-state index contributed by atoms with van der Waals surface area (Å²) >= 11 is 0. The van der Waals surface area contributed by atoms with Gasteiger partial charge in [-0.05, 0) is 31.0 Å². The zero-order chi connectivity index (χ0) is 10.8. The van der Waals surface area contributed by atoms with E-state index in [0.717, 1.165) is 17.7 Å². The second-order valence-electron chi connectivity index (χ2n) is 3.50. The van der Waals surface area contributed by atoms with Crippen molar-refractivity contribution in [3.63, 3.8) is 0 Å². The molecule has 78 valence electrons. The highest BCUT2D eigenvalue weighted by Crippen LogP contribution is 2.03. The smallest absolute Gasteiger partial charge is 0.272 e. The molecule has 0 saturated heterocycles. The van der Waals surface area contributed by atoms with Crippen molar-refractivity contribution < 1.29 is 0 Å². The van der Waals surface area contributed by atoms with Gasteiger partial charge in [0.05, 0.1) is 0 Å². The first-order chi connectivity index (χ1) is 7.20. The lowest BCUT2D eigenvalue weighted by molar-refractivity contribution is 0.793. The van der Waals surface area contributed by atoms with Crippen LogP contribution >= 0.6 is 0 Å². The number of nitrogens with zero attached hydrogens (tertiary/aromatic N) is 2. The Bertz CT molecular complexity index is 525. The molecule has 2 aromatic heterocycles. The number of aromatic amines is 1. The first-order valence-electron chi connectivity index (χ1n) is 4.94. The number of rotatable bonds is 2. The van der Waals surface area contributed by atoms with Gasteiger partial charge in [0.2, 0.25) is 0 Å². The van der Waals surface area contributed by atoms with E-state index < -0.39 is 0 Å². The Labute approximate surface area is 87.6 Å². The summed E-state index contributed by atoms with van der Waals surface area (Å²) in [6, 6.07) is 5.37. The van der Waals surface area contributed by atoms with Gasteiger partial charge < -0.3 is 0 Å². The maximum atomic E-state index is 11.6. The number of hydrogen-bond acceptors (Lipinski definition) is 2. The van der Waals surface area contributed by atoms with Gasteiger partial charge in [0.25, 0.3) is 5.56 Å². The SMILES string of the molecule is CCc1cc(=O)n(-c2cc(C)ccn2)[nH]1. The van der Waals surface area contributed by atoms with E-state index >= 15 is 0 Å². The third kappa shape index (κ3) is 1.83. The Morgan fingerprint density at radius 3 is 2.87 bits per heavy atom. The summed E-state index contributed by atoms with van der Waals surface area (Å²) in [4.78, 5) is 15.8. The van der Waals surface area contributed by atoms with Crippen LogP contribution in [0.2, 0.25) is 0 Å². The van der Waals surface area contributed by atoms with Crippen molar-refractivity contribution in [3.05, 3.63) is 46.0 Å². The van der Waals surface area contributed by atoms with E-state index in [9.17, 15) is 4.79 Å². The highest BCUT2D eigenvalue weighted by molar-refractivity contribution is 5.26. The summed E-state index contributed by atoms with van der Waals surface area (Å²) in [6.07, 6.45) is 2.51. The molecule has 2 aromatic rings. The molecular formula is C11H13N3O. The molecule has 0 unspecified atom stereocenters. The van der Waals surface area contributed by atoms with Crippen LogP contribution in [0.1, 0.15) is 18.2 Å². The van der Waals surface area contributed by atoms with Gasteiger partial charge in [0.1, 0.15) is 0 Å². The minimum atomic E-state index is -0.0649. The van der Waals surface area contributed by atoms with E-state index in [1.807, 2.05) is 26.0 Å². The van der Waals surface area contributed by atoms with Gasteiger partial charge >= 0.3 is 0 Å². The zero-order valence-electron chi connectivity index (χ0n) is 8.82. The van der Waals surface area contributed by atoms with Gasteiger partial charge in [0.15, 0.2) is 5.82 Å². The van der Waals surface area contributed by atoms with Gasteiger partial charge in [-0.3, -0.25) is 9.89 Å². The summed E-state index contributed by atoms with van der Waals surface area (Å²) in [5.74, 6) is 0.639. The van der Waals surface area contributed by atoms with Gasteiger partial charge in [-0.1, -0.05) is 6.92 Å². The number of pyridine rings is 1. The highest BCUT2D eigenvalue weighted by atomic mass is 16.1. The Kier molecular flexibility index (Phi) is 2.41. The molecule has 1 N–H and O–H groups in total. The lowest BCUT2D eigenvalue weighted by Crippen LogP contribution is -2.14. The van der Waals surface area contributed by atoms with Crippen molar-refractivity contribution in [3.8, 4) is 5.82 Å². The standard InChI is InChI=1S/C11H13N3O/c1-3-9-7-11(15)14(13-9)10-6-8(2)4-5-12-10/h4-7,13H,3H2,1-2H3. The van der Waals surface area contributed by atoms with E-state index in [1.54, 1.807) is 12.3 Å². The molecule has 4 heteroatoms. The fraction of sp³-hybridized carbons (Fsp3) is 0.273. The molecule has 0 saturated carbocycles. The third-order valence-electron chi connectivity index (χ3n) is 2.28. The van der Waals surface area contributed by atoms with Crippen LogP contribution in [0, 0.1) is 6.92 Å². The summed E-state index contributed by atoms with van der Waals surface area (Å²) in [5, 5.41) is 3.02. The van der Waals surface area contributed by atoms with Crippen LogP contribution in [0.4, 0.5) is 0 Å². The van der Waals surface area contributed by atoms with Crippen LogP contribution in [0.25, 0.3) is 5.82 Å². The number of aromatic nitrogens is 3. The number of hydrogen-bond donors (Lipinski definition) is 1. The molecule has 0 aliphatic rings. The number of aryl methyl sites for hydroxylation is 2. The summed E-state index contributed by atoms with van der Waals surface area (Å²) < 4.78 is 1.46. The average Bonchev–Trinajstić information content (AvgIpc) is 2.60. The predicted octanol–water partition coefficient (Wildman–Crippen LogP) is 1.43. The topological polar surface area (TPSA) is 50.7 Å². The minimum absolute atomic E-state index is 0.0649. The molecule has 0 aliphatic carbocycles. The van der Waals surface area contributed by atoms with E-state index in [2.05, 4.69) is 10.1 Å². The Balaban J connectivity index is 2.54. The molecule has 15 heavy (non-hydrogen) atoms. The van der Waals surface area contributed by atoms with Crippen molar-refractivity contribution >= 4 is 0 Å². The van der Waals surface area contributed by atoms with E-state index in [-0.39, 0.29) is 5.56 Å². The van der Waals surface area contributed by atoms with Crippen LogP contribution in [0.3, 0.4) is 0 Å². The zero-order valence-corrected chi connectivity index (χ0v) is 8.82. The fourth-order valence-corrected chi connectivity index (χ4v) is 1.44. The summed E-state index contributed by atoms with van der Waals surface area (Å²) in [7, 11) is 0. The molecule has 2 heterocycles. The second-order valence-corrected chi connectivity index (χ2v) is 3.50. The van der Waals surface area contributed by atoms with E-state index in [1.165, 1.54) is 4.68 Å². The molecule has 0 atom stereocenters. The maximum Gasteiger partial charge on any atom is 0.272 e. The Hall–Kier alpha value is -1.84. The lowest BCUT2D eigenvalue weighted by atomic mass is 10.3. The predicted molar refractivity (Wildman–Crippen MR) is 58.3 cm³/mol. The Morgan fingerprint density at radius 2 is 2.27 bits per heavy atom. The molecule has 0 amide bonds. The van der Waals surface area contributed by atoms with Crippen LogP contribution in [-0.4, -0.2) is 14.8 Å². The van der Waals surface area contributed by atoms with Crippen molar-refractivity contribution in [2.75, 3.05) is 0 Å². The van der Waals surface area contributed by atoms with Crippen LogP contribution in [0.5, 0.6) is 0 Å². The molecule has 0 radical (unpaired) electrons. The van der Waals surface area contributed by atoms with Gasteiger partial charge in [-0.15, -0.1) is 0 Å². The maximum absolute atomic E-state index is 11.6. The number of nitrogens with one attached hydrogen (secondary N) is 1. The van der Waals surface area contributed by atoms with Gasteiger partial charge in [-0.2, -0.15) is 0 Å². The molecular weight excluding hydrogens is 190 g/mol. The van der Waals surface area contributed by atoms with Gasteiger partial charge in [-0.25, -0.2) is 9.67 Å². The molecule has 0 bridgehead atoms. The lowest BCUT2D eigenvalue weighted by Gasteiger charge is -2.01.